The zero-order valence-corrected chi connectivity index (χ0v) is 15.1. The maximum absolute atomic E-state index is 5.75. The van der Waals surface area contributed by atoms with Gasteiger partial charge in [-0.05, 0) is 53.1 Å². The number of nitrogens with zero attached hydrogens (tertiary/aromatic N) is 2. The Morgan fingerprint density at radius 2 is 1.52 bits per heavy atom. The van der Waals surface area contributed by atoms with Crippen molar-refractivity contribution in [2.75, 3.05) is 12.4 Å². The van der Waals surface area contributed by atoms with Crippen molar-refractivity contribution in [1.82, 2.24) is 0 Å². The van der Waals surface area contributed by atoms with Gasteiger partial charge in [-0.15, -0.1) is 0 Å². The van der Waals surface area contributed by atoms with E-state index in [1.165, 1.54) is 11.1 Å². The Morgan fingerprint density at radius 1 is 0.926 bits per heavy atom. The molecule has 0 heterocycles. The number of nitrogens with two attached hydrogens (primary N) is 2. The van der Waals surface area contributed by atoms with Gasteiger partial charge in [0, 0.05) is 17.5 Å². The molecule has 0 unspecified atom stereocenters. The number of ether oxygens (including phenoxy) is 1. The van der Waals surface area contributed by atoms with Gasteiger partial charge in [0.25, 0.3) is 0 Å². The lowest BCUT2D eigenvalue weighted by Crippen LogP contribution is -2.38. The van der Waals surface area contributed by atoms with Crippen LogP contribution in [0.4, 0.5) is 5.69 Å². The minimum Gasteiger partial charge on any atom is -0.497 e. The van der Waals surface area contributed by atoms with Crippen molar-refractivity contribution < 1.29 is 10.1 Å². The Balaban J connectivity index is 1.60. The quantitative estimate of drug-likeness (QED) is 0.207. The van der Waals surface area contributed by atoms with Gasteiger partial charge in [-0.25, -0.2) is 0 Å². The molecule has 136 valence electrons. The highest BCUT2D eigenvalue weighted by atomic mass is 16.5. The summed E-state index contributed by atoms with van der Waals surface area (Å²) in [6, 6.07) is 24.2. The van der Waals surface area contributed by atoms with Crippen molar-refractivity contribution >= 4 is 11.5 Å². The van der Waals surface area contributed by atoms with E-state index in [1.807, 2.05) is 36.4 Å². The third-order valence-electron chi connectivity index (χ3n) is 4.22. The van der Waals surface area contributed by atoms with Crippen LogP contribution in [0.2, 0.25) is 0 Å². The lowest BCUT2D eigenvalue weighted by atomic mass is 10.0. The molecule has 0 saturated heterocycles. The number of methoxy groups -OCH3 is 1. The molecule has 0 saturated carbocycles. The summed E-state index contributed by atoms with van der Waals surface area (Å²) in [7, 11) is 1.67. The fourth-order valence-corrected chi connectivity index (χ4v) is 2.68. The maximum Gasteiger partial charge on any atom is 0.350 e. The zero-order chi connectivity index (χ0) is 19.1. The number of hydrogen-bond donors (Lipinski definition) is 3. The summed E-state index contributed by atoms with van der Waals surface area (Å²) in [4.78, 5) is 0. The second-order valence-electron chi connectivity index (χ2n) is 5.96. The van der Waals surface area contributed by atoms with E-state index in [4.69, 9.17) is 16.0 Å². The molecule has 0 aromatic heterocycles. The molecule has 0 aliphatic rings. The van der Waals surface area contributed by atoms with Gasteiger partial charge < -0.3 is 10.1 Å². The van der Waals surface area contributed by atoms with E-state index in [-0.39, 0.29) is 5.84 Å². The molecule has 0 spiro atoms. The normalized spacial score (nSPS) is 10.7. The van der Waals surface area contributed by atoms with Gasteiger partial charge >= 0.3 is 5.84 Å². The average Bonchev–Trinajstić information content (AvgIpc) is 2.73. The fourth-order valence-electron chi connectivity index (χ4n) is 2.68. The molecule has 3 aromatic rings. The first kappa shape index (κ1) is 18.1. The number of rotatable bonds is 6. The van der Waals surface area contributed by atoms with Crippen LogP contribution in [0.3, 0.4) is 0 Å². The van der Waals surface area contributed by atoms with E-state index < -0.39 is 0 Å². The van der Waals surface area contributed by atoms with E-state index >= 15 is 0 Å². The first-order valence-electron chi connectivity index (χ1n) is 8.50. The molecular formula is C21H22N5O+. The van der Waals surface area contributed by atoms with E-state index in [0.29, 0.717) is 0 Å². The molecular weight excluding hydrogens is 338 g/mol. The van der Waals surface area contributed by atoms with E-state index in [1.54, 1.807) is 7.11 Å². The highest BCUT2D eigenvalue weighted by Crippen LogP contribution is 2.23. The maximum atomic E-state index is 5.75. The summed E-state index contributed by atoms with van der Waals surface area (Å²) in [5.74, 6) is 6.16. The molecule has 0 radical (unpaired) electrons. The Kier molecular flexibility index (Phi) is 5.79. The number of benzene rings is 3. The predicted octanol–water partition coefficient (Wildman–Crippen LogP) is 2.81. The molecule has 0 aliphatic carbocycles. The highest BCUT2D eigenvalue weighted by molar-refractivity contribution is 5.94. The van der Waals surface area contributed by atoms with Gasteiger partial charge in [0.1, 0.15) is 5.75 Å². The standard InChI is InChI=1S/C21H21N5O/c1-27-20-12-8-17(9-13-20)16-4-2-15(3-5-16)14-24-19-10-6-18(7-11-19)21(22)25-26-23/h2-13,24H,14H2,1H3,(H3,22,23,25)/p+1. The van der Waals surface area contributed by atoms with Crippen molar-refractivity contribution in [3.63, 3.8) is 0 Å². The van der Waals surface area contributed by atoms with Gasteiger partial charge in [0.2, 0.25) is 0 Å². The third kappa shape index (κ3) is 4.70. The molecule has 3 aromatic carbocycles. The van der Waals surface area contributed by atoms with Crippen molar-refractivity contribution in [1.29, 1.82) is 0 Å². The molecule has 0 fully saturated rings. The number of anilines is 1. The molecule has 3 rings (SSSR count). The minimum absolute atomic E-state index is 0.290. The average molecular weight is 360 g/mol. The number of amidine groups is 1. The Bertz CT molecular complexity index is 916. The summed E-state index contributed by atoms with van der Waals surface area (Å²) in [6.45, 7) is 0.726. The molecule has 27 heavy (non-hydrogen) atoms. The molecule has 5 N–H and O–H groups in total. The Morgan fingerprint density at radius 3 is 2.07 bits per heavy atom. The van der Waals surface area contributed by atoms with Crippen LogP contribution in [0, 0.1) is 0 Å². The fraction of sp³-hybridized carbons (Fsp3) is 0.0952. The van der Waals surface area contributed by atoms with E-state index in [9.17, 15) is 0 Å². The number of hydrogen-bond acceptors (Lipinski definition) is 3. The first-order chi connectivity index (χ1) is 13.2. The van der Waals surface area contributed by atoms with Gasteiger partial charge in [-0.1, -0.05) is 36.4 Å². The second kappa shape index (κ2) is 8.62. The minimum atomic E-state index is 0.290. The van der Waals surface area contributed by atoms with Crippen LogP contribution in [-0.2, 0) is 6.54 Å². The van der Waals surface area contributed by atoms with Gasteiger partial charge in [-0.2, -0.15) is 0 Å². The second-order valence-corrected chi connectivity index (χ2v) is 5.96. The SMILES string of the molecule is COc1ccc(-c2ccc(CNc3ccc(C(=[NH2+])N=NN)cc3)cc2)cc1. The molecule has 0 amide bonds. The smallest absolute Gasteiger partial charge is 0.350 e. The van der Waals surface area contributed by atoms with Crippen LogP contribution in [-0.4, -0.2) is 12.9 Å². The van der Waals surface area contributed by atoms with Crippen LogP contribution >= 0.6 is 0 Å². The Hall–Kier alpha value is -3.67. The van der Waals surface area contributed by atoms with Crippen LogP contribution in [0.25, 0.3) is 11.1 Å². The number of nitrogens with one attached hydrogen (secondary N) is 1. The van der Waals surface area contributed by atoms with Crippen LogP contribution in [0.1, 0.15) is 11.1 Å². The zero-order valence-electron chi connectivity index (χ0n) is 15.1. The van der Waals surface area contributed by atoms with Crippen molar-refractivity contribution in [2.45, 2.75) is 6.54 Å². The monoisotopic (exact) mass is 360 g/mol. The molecule has 6 nitrogen and oxygen atoms in total. The van der Waals surface area contributed by atoms with Crippen molar-refractivity contribution in [3.8, 4) is 16.9 Å². The van der Waals surface area contributed by atoms with E-state index in [2.05, 4.69) is 52.1 Å². The molecule has 0 atom stereocenters. The summed E-state index contributed by atoms with van der Waals surface area (Å²) in [5.41, 5.74) is 5.30. The molecule has 0 bridgehead atoms. The first-order valence-corrected chi connectivity index (χ1v) is 8.50. The third-order valence-corrected chi connectivity index (χ3v) is 4.22. The van der Waals surface area contributed by atoms with Gasteiger partial charge in [-0.3, -0.25) is 11.3 Å². The van der Waals surface area contributed by atoms with Crippen molar-refractivity contribution in [2.24, 2.45) is 16.2 Å². The topological polar surface area (TPSA) is 97.6 Å². The predicted molar refractivity (Wildman–Crippen MR) is 107 cm³/mol. The summed E-state index contributed by atoms with van der Waals surface area (Å²) in [6.07, 6.45) is 0. The van der Waals surface area contributed by atoms with E-state index in [0.717, 1.165) is 29.1 Å². The summed E-state index contributed by atoms with van der Waals surface area (Å²) in [5, 5.41) is 16.0. The van der Waals surface area contributed by atoms with Crippen LogP contribution in [0.5, 0.6) is 5.75 Å². The highest BCUT2D eigenvalue weighted by Gasteiger charge is 2.07. The van der Waals surface area contributed by atoms with Gasteiger partial charge in [0.05, 0.1) is 17.8 Å². The lowest BCUT2D eigenvalue weighted by molar-refractivity contribution is -0.114. The largest absolute Gasteiger partial charge is 0.497 e. The summed E-state index contributed by atoms with van der Waals surface area (Å²) >= 11 is 0. The van der Waals surface area contributed by atoms with Crippen molar-refractivity contribution in [3.05, 3.63) is 83.9 Å². The molecule has 6 heteroatoms. The Labute approximate surface area is 158 Å². The van der Waals surface area contributed by atoms with Crippen LogP contribution in [0.15, 0.2) is 83.1 Å². The molecule has 0 aliphatic heterocycles. The van der Waals surface area contributed by atoms with Crippen LogP contribution < -0.4 is 21.3 Å². The summed E-state index contributed by atoms with van der Waals surface area (Å²) < 4.78 is 5.20. The lowest BCUT2D eigenvalue weighted by Gasteiger charge is -2.08. The van der Waals surface area contributed by atoms with Gasteiger partial charge in [0.15, 0.2) is 0 Å².